The lowest BCUT2D eigenvalue weighted by molar-refractivity contribution is 0.0930. The first-order valence-electron chi connectivity index (χ1n) is 6.76. The van der Waals surface area contributed by atoms with E-state index in [-0.39, 0.29) is 11.9 Å². The van der Waals surface area contributed by atoms with Gasteiger partial charge in [0.25, 0.3) is 5.91 Å². The summed E-state index contributed by atoms with van der Waals surface area (Å²) in [6.07, 6.45) is 3.09. The molecule has 0 aliphatic heterocycles. The molecule has 0 saturated carbocycles. The van der Waals surface area contributed by atoms with Crippen LogP contribution in [0, 0.1) is 20.8 Å². The fourth-order valence-electron chi connectivity index (χ4n) is 2.72. The number of thiazole rings is 1. The Morgan fingerprint density at radius 3 is 2.90 bits per heavy atom. The summed E-state index contributed by atoms with van der Waals surface area (Å²) in [5, 5.41) is 7.97. The molecule has 0 saturated heterocycles. The topological polar surface area (TPSA) is 68.0 Å². The minimum atomic E-state index is -0.121. The largest absolute Gasteiger partial charge is 0.361 e. The molecule has 1 N–H and O–H groups in total. The van der Waals surface area contributed by atoms with Crippen LogP contribution >= 0.6 is 11.3 Å². The van der Waals surface area contributed by atoms with Gasteiger partial charge < -0.3 is 9.84 Å². The number of rotatable bonds is 2. The number of aryl methyl sites for hydroxylation is 4. The van der Waals surface area contributed by atoms with Crippen molar-refractivity contribution < 1.29 is 9.32 Å². The molecule has 6 heteroatoms. The maximum Gasteiger partial charge on any atom is 0.257 e. The van der Waals surface area contributed by atoms with Gasteiger partial charge in [-0.2, -0.15) is 0 Å². The molecular formula is C14H17N3O2S. The molecule has 5 nitrogen and oxygen atoms in total. The monoisotopic (exact) mass is 291 g/mol. The van der Waals surface area contributed by atoms with Gasteiger partial charge in [0.2, 0.25) is 0 Å². The quantitative estimate of drug-likeness (QED) is 0.923. The van der Waals surface area contributed by atoms with E-state index in [1.165, 1.54) is 4.88 Å². The SMILES string of the molecule is Cc1nc2c(s1)CCC[C@@H]2NC(=O)c1c(C)noc1C. The number of amides is 1. The minimum Gasteiger partial charge on any atom is -0.361 e. The highest BCUT2D eigenvalue weighted by molar-refractivity contribution is 7.11. The zero-order chi connectivity index (χ0) is 14.3. The Bertz CT molecular complexity index is 640. The molecule has 1 amide bonds. The Morgan fingerprint density at radius 2 is 2.20 bits per heavy atom. The minimum absolute atomic E-state index is 0.00454. The van der Waals surface area contributed by atoms with Crippen LogP contribution in [0.25, 0.3) is 0 Å². The Morgan fingerprint density at radius 1 is 1.40 bits per heavy atom. The summed E-state index contributed by atoms with van der Waals surface area (Å²) in [6, 6.07) is 0.00454. The molecule has 0 unspecified atom stereocenters. The fourth-order valence-corrected chi connectivity index (χ4v) is 3.76. The Hall–Kier alpha value is -1.69. The summed E-state index contributed by atoms with van der Waals surface area (Å²) in [4.78, 5) is 18.3. The predicted molar refractivity (Wildman–Crippen MR) is 76.0 cm³/mol. The Labute approximate surface area is 121 Å². The van der Waals surface area contributed by atoms with Crippen molar-refractivity contribution >= 4 is 17.2 Å². The van der Waals surface area contributed by atoms with Crippen molar-refractivity contribution in [2.45, 2.75) is 46.1 Å². The van der Waals surface area contributed by atoms with Gasteiger partial charge in [-0.25, -0.2) is 4.98 Å². The highest BCUT2D eigenvalue weighted by atomic mass is 32.1. The fraction of sp³-hybridized carbons (Fsp3) is 0.500. The summed E-state index contributed by atoms with van der Waals surface area (Å²) < 4.78 is 5.05. The second-order valence-electron chi connectivity index (χ2n) is 5.16. The first-order valence-corrected chi connectivity index (χ1v) is 7.58. The number of hydrogen-bond donors (Lipinski definition) is 1. The lowest BCUT2D eigenvalue weighted by Gasteiger charge is -2.22. The van der Waals surface area contributed by atoms with Gasteiger partial charge in [0, 0.05) is 4.88 Å². The average molecular weight is 291 g/mol. The normalized spacial score (nSPS) is 17.9. The average Bonchev–Trinajstić information content (AvgIpc) is 2.92. The van der Waals surface area contributed by atoms with Gasteiger partial charge in [0.05, 0.1) is 22.4 Å². The molecular weight excluding hydrogens is 274 g/mol. The van der Waals surface area contributed by atoms with Crippen molar-refractivity contribution in [2.24, 2.45) is 0 Å². The van der Waals surface area contributed by atoms with Gasteiger partial charge in [-0.15, -0.1) is 11.3 Å². The zero-order valence-electron chi connectivity index (χ0n) is 11.8. The maximum atomic E-state index is 12.4. The summed E-state index contributed by atoms with van der Waals surface area (Å²) in [6.45, 7) is 5.55. The van der Waals surface area contributed by atoms with Crippen molar-refractivity contribution in [3.05, 3.63) is 32.6 Å². The van der Waals surface area contributed by atoms with Crippen LogP contribution in [-0.2, 0) is 6.42 Å². The summed E-state index contributed by atoms with van der Waals surface area (Å²) >= 11 is 1.73. The van der Waals surface area contributed by atoms with E-state index in [2.05, 4.69) is 15.5 Å². The molecule has 2 aromatic rings. The van der Waals surface area contributed by atoms with Crippen LogP contribution in [0.4, 0.5) is 0 Å². The third kappa shape index (κ3) is 2.24. The summed E-state index contributed by atoms with van der Waals surface area (Å²) in [7, 11) is 0. The van der Waals surface area contributed by atoms with Gasteiger partial charge in [0.15, 0.2) is 0 Å². The number of carbonyl (C=O) groups excluding carboxylic acids is 1. The highest BCUT2D eigenvalue weighted by Crippen LogP contribution is 2.33. The molecule has 2 aromatic heterocycles. The van der Waals surface area contributed by atoms with Crippen LogP contribution in [0.5, 0.6) is 0 Å². The van der Waals surface area contributed by atoms with E-state index in [9.17, 15) is 4.79 Å². The molecule has 2 heterocycles. The second kappa shape index (κ2) is 5.01. The number of hydrogen-bond acceptors (Lipinski definition) is 5. The lowest BCUT2D eigenvalue weighted by atomic mass is 9.97. The first kappa shape index (κ1) is 13.3. The third-order valence-electron chi connectivity index (χ3n) is 3.63. The van der Waals surface area contributed by atoms with Crippen LogP contribution in [-0.4, -0.2) is 16.0 Å². The van der Waals surface area contributed by atoms with Crippen molar-refractivity contribution in [3.8, 4) is 0 Å². The van der Waals surface area contributed by atoms with Crippen LogP contribution in [0.1, 0.15) is 56.3 Å². The standard InChI is InChI=1S/C14H17N3O2S/c1-7-12(8(2)19-17-7)14(18)16-10-5-4-6-11-13(10)15-9(3)20-11/h10H,4-6H2,1-3H3,(H,16,18)/t10-/m0/s1. The smallest absolute Gasteiger partial charge is 0.257 e. The number of carbonyl (C=O) groups is 1. The van der Waals surface area contributed by atoms with Gasteiger partial charge in [-0.1, -0.05) is 5.16 Å². The van der Waals surface area contributed by atoms with Crippen LogP contribution in [0.2, 0.25) is 0 Å². The van der Waals surface area contributed by atoms with Gasteiger partial charge in [-0.3, -0.25) is 4.79 Å². The van der Waals surface area contributed by atoms with Gasteiger partial charge in [0.1, 0.15) is 11.3 Å². The van der Waals surface area contributed by atoms with Crippen LogP contribution in [0.15, 0.2) is 4.52 Å². The van der Waals surface area contributed by atoms with Crippen molar-refractivity contribution in [1.29, 1.82) is 0 Å². The molecule has 3 rings (SSSR count). The van der Waals surface area contributed by atoms with Crippen LogP contribution in [0.3, 0.4) is 0 Å². The van der Waals surface area contributed by atoms with E-state index in [0.29, 0.717) is 17.0 Å². The molecule has 106 valence electrons. The molecule has 0 spiro atoms. The molecule has 0 fully saturated rings. The first-order chi connectivity index (χ1) is 9.56. The maximum absolute atomic E-state index is 12.4. The highest BCUT2D eigenvalue weighted by Gasteiger charge is 2.27. The van der Waals surface area contributed by atoms with E-state index in [4.69, 9.17) is 4.52 Å². The summed E-state index contributed by atoms with van der Waals surface area (Å²) in [5.74, 6) is 0.440. The molecule has 0 radical (unpaired) electrons. The zero-order valence-corrected chi connectivity index (χ0v) is 12.6. The number of fused-ring (bicyclic) bond motifs is 1. The van der Waals surface area contributed by atoms with Crippen LogP contribution < -0.4 is 5.32 Å². The van der Waals surface area contributed by atoms with E-state index in [1.807, 2.05) is 6.92 Å². The van der Waals surface area contributed by atoms with Crippen molar-refractivity contribution in [3.63, 3.8) is 0 Å². The third-order valence-corrected chi connectivity index (χ3v) is 4.67. The van der Waals surface area contributed by atoms with E-state index >= 15 is 0 Å². The molecule has 1 aliphatic rings. The molecule has 1 atom stereocenters. The van der Waals surface area contributed by atoms with Gasteiger partial charge >= 0.3 is 0 Å². The number of aromatic nitrogens is 2. The van der Waals surface area contributed by atoms with E-state index in [1.54, 1.807) is 25.2 Å². The number of nitrogens with one attached hydrogen (secondary N) is 1. The molecule has 0 bridgehead atoms. The molecule has 20 heavy (non-hydrogen) atoms. The van der Waals surface area contributed by atoms with Crippen molar-refractivity contribution in [1.82, 2.24) is 15.5 Å². The lowest BCUT2D eigenvalue weighted by Crippen LogP contribution is -2.31. The Balaban J connectivity index is 1.84. The number of nitrogens with zero attached hydrogens (tertiary/aromatic N) is 2. The predicted octanol–water partition coefficient (Wildman–Crippen LogP) is 2.86. The summed E-state index contributed by atoms with van der Waals surface area (Å²) in [5.41, 5.74) is 2.22. The molecule has 1 aliphatic carbocycles. The Kier molecular flexibility index (Phi) is 3.33. The van der Waals surface area contributed by atoms with Crippen molar-refractivity contribution in [2.75, 3.05) is 0 Å². The van der Waals surface area contributed by atoms with E-state index < -0.39 is 0 Å². The van der Waals surface area contributed by atoms with E-state index in [0.717, 1.165) is 30.0 Å². The molecule has 0 aromatic carbocycles. The van der Waals surface area contributed by atoms with Gasteiger partial charge in [-0.05, 0) is 40.0 Å². The second-order valence-corrected chi connectivity index (χ2v) is 6.45.